The minimum Gasteiger partial charge on any atom is -0.494 e. The molecule has 0 saturated heterocycles. The number of halogens is 4. The van der Waals surface area contributed by atoms with Gasteiger partial charge in [-0.15, -0.1) is 61.2 Å². The van der Waals surface area contributed by atoms with Gasteiger partial charge in [-0.05, 0) is 104 Å². The van der Waals surface area contributed by atoms with Crippen molar-refractivity contribution in [2.24, 2.45) is 17.6 Å². The molecule has 2 aliphatic rings. The summed E-state index contributed by atoms with van der Waals surface area (Å²) in [5, 5.41) is 71.3. The van der Waals surface area contributed by atoms with Gasteiger partial charge in [-0.25, -0.2) is 38.7 Å². The molecule has 44 nitrogen and oxygen atoms in total. The molecule has 14 rings (SSSR count). The number of anilines is 8. The molecule has 144 heavy (non-hydrogen) atoms. The normalized spacial score (nSPS) is 12.1. The number of nitrogens with one attached hydrogen (secondary N) is 8. The third-order valence-electron chi connectivity index (χ3n) is 20.7. The molecule has 6 amide bonds. The van der Waals surface area contributed by atoms with Crippen molar-refractivity contribution in [3.05, 3.63) is 166 Å². The number of hydrogen-bond acceptors (Lipinski definition) is 34. The number of para-hydroxylation sites is 4. The van der Waals surface area contributed by atoms with E-state index in [4.69, 9.17) is 95.8 Å². The summed E-state index contributed by atoms with van der Waals surface area (Å²) in [5.74, 6) is 2.76. The Balaban J connectivity index is 0.000000204. The number of hydrogen-bond donors (Lipinski definition) is 10. The number of nitrogens with zero attached hydrogens (tertiary/aromatic N) is 20. The molecule has 0 radical (unpaired) electrons. The Hall–Kier alpha value is -13.2. The van der Waals surface area contributed by atoms with Crippen molar-refractivity contribution in [1.29, 1.82) is 0 Å². The average molecular weight is 2130 g/mol. The highest BCUT2D eigenvalue weighted by Crippen LogP contribution is 2.42. The van der Waals surface area contributed by atoms with Crippen LogP contribution in [0.5, 0.6) is 23.0 Å². The van der Waals surface area contributed by atoms with Crippen molar-refractivity contribution < 1.29 is 66.7 Å². The molecule has 52 heteroatoms. The van der Waals surface area contributed by atoms with E-state index < -0.39 is 50.0 Å². The number of primary amides is 1. The average Bonchev–Trinajstić information content (AvgIpc) is 1.34. The number of ether oxygens (including phenoxy) is 8. The lowest BCUT2D eigenvalue weighted by molar-refractivity contribution is -0.119. The van der Waals surface area contributed by atoms with E-state index in [1.165, 1.54) is 46.4 Å². The van der Waals surface area contributed by atoms with Crippen LogP contribution in [0.3, 0.4) is 0 Å². The van der Waals surface area contributed by atoms with Crippen LogP contribution in [0.15, 0.2) is 122 Å². The van der Waals surface area contributed by atoms with Crippen molar-refractivity contribution in [1.82, 2.24) is 121 Å². The van der Waals surface area contributed by atoms with Crippen molar-refractivity contribution in [3.8, 4) is 68.5 Å². The van der Waals surface area contributed by atoms with Crippen molar-refractivity contribution in [2.75, 3.05) is 110 Å². The van der Waals surface area contributed by atoms with Crippen LogP contribution in [-0.4, -0.2) is 251 Å². The number of nitrogen functional groups attached to an aromatic ring is 1. The number of rotatable bonds is 41. The first-order valence-electron chi connectivity index (χ1n) is 45.7. The summed E-state index contributed by atoms with van der Waals surface area (Å²) in [5.41, 5.74) is 17.4. The second-order valence-electron chi connectivity index (χ2n) is 37.3. The molecule has 0 atom stereocenters. The lowest BCUT2D eigenvalue weighted by Crippen LogP contribution is -2.22. The van der Waals surface area contributed by atoms with E-state index in [1.807, 2.05) is 48.5 Å². The summed E-state index contributed by atoms with van der Waals surface area (Å²) < 4.78 is 51.9. The summed E-state index contributed by atoms with van der Waals surface area (Å²) in [4.78, 5) is 87.6. The lowest BCUT2D eigenvalue weighted by Gasteiger charge is -2.16. The van der Waals surface area contributed by atoms with Crippen LogP contribution in [0.2, 0.25) is 123 Å². The maximum atomic E-state index is 12.5. The fourth-order valence-corrected chi connectivity index (χ4v) is 16.2. The Morgan fingerprint density at radius 2 is 0.653 bits per heavy atom. The van der Waals surface area contributed by atoms with Crippen molar-refractivity contribution >= 4 is 160 Å². The quantitative estimate of drug-likeness (QED) is 0.00966. The molecule has 2 fully saturated rings. The van der Waals surface area contributed by atoms with Crippen molar-refractivity contribution in [2.45, 2.75) is 155 Å². The topological polar surface area (TPSA) is 550 Å². The Kier molecular flexibility index (Phi) is 43.3. The maximum absolute atomic E-state index is 12.5. The monoisotopic (exact) mass is 2130 g/mol. The van der Waals surface area contributed by atoms with Gasteiger partial charge in [-0.3, -0.25) is 28.8 Å². The SMILES string of the molecule is CNC(=O)c1nnc(Cl)cc1Cl.CNC(=O)c1nnc(Cl)cc1Nc1cccc(-c2ncn(COCC[Si](C)(C)C)n2)c1OC.CNC(=O)c1nnc(Cl)cc1Nc1cccc(-c2ncn(COCC[Si](C)(C)C)n2)c1OC.CNC(=O)c1nnc(NC(=O)C2CC2)cc1Nc1cccc(-c2ncn(COCC[Si](C)(C)C)n2)c1OC.COc1c(N)cccc1-c1ncn(COCC[Si](C)(C)C)n1.NC(=O)C1CC1. The zero-order valence-electron chi connectivity index (χ0n) is 84.3. The molecular weight excluding hydrogens is 2000 g/mol. The Morgan fingerprint density at radius 3 is 0.938 bits per heavy atom. The molecule has 8 aromatic heterocycles. The van der Waals surface area contributed by atoms with E-state index in [1.54, 1.807) is 103 Å². The minimum atomic E-state index is -1.17. The van der Waals surface area contributed by atoms with Crippen LogP contribution < -0.4 is 72.9 Å². The molecule has 12 N–H and O–H groups in total. The number of amides is 6. The third kappa shape index (κ3) is 36.3. The van der Waals surface area contributed by atoms with Crippen LogP contribution in [0.4, 0.5) is 45.6 Å². The van der Waals surface area contributed by atoms with Crippen molar-refractivity contribution in [3.63, 3.8) is 0 Å². The molecule has 0 aliphatic heterocycles. The lowest BCUT2D eigenvalue weighted by atomic mass is 10.1. The first-order valence-corrected chi connectivity index (χ1v) is 62.1. The number of nitrogens with two attached hydrogens (primary N) is 2. The van der Waals surface area contributed by atoms with E-state index in [0.717, 1.165) is 62.0 Å². The second kappa shape index (κ2) is 54.5. The van der Waals surface area contributed by atoms with Crippen LogP contribution in [0, 0.1) is 11.8 Å². The summed E-state index contributed by atoms with van der Waals surface area (Å²) in [6.45, 7) is 32.0. The summed E-state index contributed by atoms with van der Waals surface area (Å²) >= 11 is 23.1. The van der Waals surface area contributed by atoms with Gasteiger partial charge < -0.3 is 91.9 Å². The Labute approximate surface area is 859 Å². The Bertz CT molecular complexity index is 6130. The second-order valence-corrected chi connectivity index (χ2v) is 61.3. The fourth-order valence-electron chi connectivity index (χ4n) is 12.4. The summed E-state index contributed by atoms with van der Waals surface area (Å²) in [7, 11) is 7.74. The molecule has 772 valence electrons. The highest BCUT2D eigenvalue weighted by Gasteiger charge is 2.32. The standard InChI is InChI=1S/C25H34N8O4Si.2C21H28ClN7O3Si.C15H24N4O2Si.C6H5Cl2N3O.C4H7NO/c1-26-25(35)21-19(13-20(30-31-21)29-24(34)16-9-10-16)28-18-8-6-7-17(22(18)36-2)23-27-14-33(32-23)15-37-11-12-38(3,4)5;2*1-23-21(30)18-16(11-17(22)26-27-18)25-15-8-6-7-14(19(15)31-2)20-24-12-29(28-20)13-32-9-10-33(3,4)5;1-20-14-12(6-5-7-13(14)16)15-17-10-19(18-15)11-21-8-9-22(2,3)4;1-9-6(12)5-3(7)2-4(8)10-11-5;5-4(6)3-1-2-3/h6-8,13-14,16H,9-12,15H2,1-5H3,(H,26,35)(H2,28,29,30,34);2*6-8,11-12H,9-10,13H2,1-5H3,(H,23,30)(H,25,26);5-7,10H,8-9,11,16H2,1-4H3;2H,1H3,(H,9,12);3H,1-2H2,(H2,5,6). The van der Waals surface area contributed by atoms with E-state index in [2.05, 4.69) is 202 Å². The predicted molar refractivity (Wildman–Crippen MR) is 564 cm³/mol. The first-order chi connectivity index (χ1) is 68.5. The largest absolute Gasteiger partial charge is 0.494 e. The Morgan fingerprint density at radius 1 is 0.368 bits per heavy atom. The van der Waals surface area contributed by atoms with Gasteiger partial charge in [0.05, 0.1) is 95.5 Å². The van der Waals surface area contributed by atoms with E-state index in [0.29, 0.717) is 150 Å². The van der Waals surface area contributed by atoms with Gasteiger partial charge in [0.2, 0.25) is 11.8 Å². The summed E-state index contributed by atoms with van der Waals surface area (Å²) in [6, 6.07) is 32.4. The molecule has 0 unspecified atom stereocenters. The number of carbonyl (C=O) groups excluding carboxylic acids is 6. The number of aromatic nitrogens is 20. The molecule has 0 spiro atoms. The molecule has 2 saturated carbocycles. The molecule has 8 heterocycles. The van der Waals surface area contributed by atoms with Gasteiger partial charge in [0.25, 0.3) is 23.6 Å². The van der Waals surface area contributed by atoms with Gasteiger partial charge in [-0.2, -0.15) is 0 Å². The minimum absolute atomic E-state index is 0.00153. The highest BCUT2D eigenvalue weighted by molar-refractivity contribution is 6.77. The van der Waals surface area contributed by atoms with Crippen LogP contribution in [0.1, 0.15) is 67.6 Å². The zero-order valence-corrected chi connectivity index (χ0v) is 91.4. The fraction of sp³-hybridized carbons (Fsp3) is 0.413. The van der Waals surface area contributed by atoms with Gasteiger partial charge in [0.1, 0.15) is 52.2 Å². The number of carbonyl (C=O) groups is 6. The number of methoxy groups -OCH3 is 4. The maximum Gasteiger partial charge on any atom is 0.273 e. The van der Waals surface area contributed by atoms with Gasteiger partial charge in [0, 0.05) is 117 Å². The first kappa shape index (κ1) is 114. The van der Waals surface area contributed by atoms with Gasteiger partial charge in [0.15, 0.2) is 90.3 Å². The van der Waals surface area contributed by atoms with Gasteiger partial charge >= 0.3 is 0 Å². The zero-order chi connectivity index (χ0) is 105. The smallest absolute Gasteiger partial charge is 0.273 e. The van der Waals surface area contributed by atoms with E-state index in [9.17, 15) is 28.8 Å². The molecule has 12 aromatic rings. The molecular formula is C92H126Cl4N30O14Si4. The predicted octanol–water partition coefficient (Wildman–Crippen LogP) is 15.0. The highest BCUT2D eigenvalue weighted by atomic mass is 35.5. The molecule has 2 aliphatic carbocycles. The number of benzene rings is 4. The molecule has 4 aromatic carbocycles. The van der Waals surface area contributed by atoms with Crippen LogP contribution >= 0.6 is 46.4 Å². The van der Waals surface area contributed by atoms with Crippen LogP contribution in [-0.2, 0) is 55.5 Å². The van der Waals surface area contributed by atoms with E-state index in [-0.39, 0.29) is 78.6 Å². The summed E-state index contributed by atoms with van der Waals surface area (Å²) in [6.07, 6.45) is 10.3. The van der Waals surface area contributed by atoms with E-state index >= 15 is 0 Å². The third-order valence-corrected chi connectivity index (χ3v) is 28.4. The van der Waals surface area contributed by atoms with Crippen LogP contribution in [0.25, 0.3) is 45.6 Å². The van der Waals surface area contributed by atoms with Gasteiger partial charge in [-0.1, -0.05) is 149 Å². The molecule has 0 bridgehead atoms.